The Bertz CT molecular complexity index is 372. The number of benzene rings is 1. The Morgan fingerprint density at radius 3 is 2.32 bits per heavy atom. The van der Waals surface area contributed by atoms with E-state index in [1.165, 1.54) is 24.6 Å². The Morgan fingerprint density at radius 2 is 1.74 bits per heavy atom. The van der Waals surface area contributed by atoms with Crippen LogP contribution in [0.25, 0.3) is 0 Å². The molecule has 0 radical (unpaired) electrons. The molecule has 1 saturated heterocycles. The van der Waals surface area contributed by atoms with Crippen molar-refractivity contribution in [3.63, 3.8) is 0 Å². The van der Waals surface area contributed by atoms with Crippen molar-refractivity contribution in [2.75, 3.05) is 52.0 Å². The van der Waals surface area contributed by atoms with E-state index in [1.54, 1.807) is 19.1 Å². The van der Waals surface area contributed by atoms with Crippen LogP contribution in [-0.4, -0.2) is 52.0 Å². The van der Waals surface area contributed by atoms with E-state index in [-0.39, 0.29) is 0 Å². The van der Waals surface area contributed by atoms with E-state index < -0.39 is 0 Å². The topological polar surface area (TPSA) is 32.1 Å². The highest BCUT2D eigenvalue weighted by Crippen LogP contribution is 2.36. The van der Waals surface area contributed by atoms with E-state index >= 15 is 0 Å². The molecule has 106 valence electrons. The van der Waals surface area contributed by atoms with Gasteiger partial charge in [0, 0.05) is 11.5 Å². The van der Waals surface area contributed by atoms with Crippen LogP contribution in [0.1, 0.15) is 0 Å². The van der Waals surface area contributed by atoms with Gasteiger partial charge < -0.3 is 19.1 Å². The third-order valence-electron chi connectivity index (χ3n) is 3.28. The lowest BCUT2D eigenvalue weighted by atomic mass is 10.3. The van der Waals surface area contributed by atoms with Crippen LogP contribution < -0.4 is 19.1 Å². The van der Waals surface area contributed by atoms with Gasteiger partial charge in [-0.3, -0.25) is 0 Å². The van der Waals surface area contributed by atoms with Gasteiger partial charge in [-0.25, -0.2) is 0 Å². The lowest BCUT2D eigenvalue weighted by Gasteiger charge is -2.23. The molecule has 0 aliphatic carbocycles. The lowest BCUT2D eigenvalue weighted by Crippen LogP contribution is -3.14. The quantitative estimate of drug-likeness (QED) is 0.834. The number of hydrogen-bond acceptors (Lipinski definition) is 4. The van der Waals surface area contributed by atoms with Gasteiger partial charge in [-0.1, -0.05) is 6.07 Å². The first-order valence-corrected chi connectivity index (χ1v) is 7.75. The Labute approximate surface area is 119 Å². The van der Waals surface area contributed by atoms with Crippen LogP contribution in [0.15, 0.2) is 18.2 Å². The summed E-state index contributed by atoms with van der Waals surface area (Å²) in [5.41, 5.74) is 0. The van der Waals surface area contributed by atoms with Gasteiger partial charge in [-0.2, -0.15) is 11.8 Å². The summed E-state index contributed by atoms with van der Waals surface area (Å²) in [6, 6.07) is 5.68. The molecule has 19 heavy (non-hydrogen) atoms. The summed E-state index contributed by atoms with van der Waals surface area (Å²) in [4.78, 5) is 1.62. The Balaban J connectivity index is 1.90. The van der Waals surface area contributed by atoms with Crippen molar-refractivity contribution in [2.24, 2.45) is 0 Å². The maximum absolute atomic E-state index is 5.88. The van der Waals surface area contributed by atoms with Crippen LogP contribution in [0.4, 0.5) is 0 Å². The lowest BCUT2D eigenvalue weighted by molar-refractivity contribution is -0.896. The number of ether oxygens (including phenoxy) is 3. The summed E-state index contributed by atoms with van der Waals surface area (Å²) in [5, 5.41) is 0. The minimum absolute atomic E-state index is 0.691. The van der Waals surface area contributed by atoms with Crippen molar-refractivity contribution in [1.82, 2.24) is 0 Å². The third kappa shape index (κ3) is 3.94. The van der Waals surface area contributed by atoms with Crippen LogP contribution in [0.3, 0.4) is 0 Å². The fraction of sp³-hybridized carbons (Fsp3) is 0.571. The van der Waals surface area contributed by atoms with E-state index in [0.29, 0.717) is 12.4 Å². The largest absolute Gasteiger partial charge is 0.493 e. The van der Waals surface area contributed by atoms with Gasteiger partial charge in [0.05, 0.1) is 27.3 Å². The van der Waals surface area contributed by atoms with Gasteiger partial charge in [-0.05, 0) is 12.1 Å². The molecule has 1 heterocycles. The second kappa shape index (κ2) is 7.50. The molecule has 4 nitrogen and oxygen atoms in total. The maximum atomic E-state index is 5.88. The zero-order valence-electron chi connectivity index (χ0n) is 11.6. The predicted octanol–water partition coefficient (Wildman–Crippen LogP) is 0.714. The molecule has 1 N–H and O–H groups in total. The highest BCUT2D eigenvalue weighted by molar-refractivity contribution is 7.99. The Kier molecular flexibility index (Phi) is 5.66. The van der Waals surface area contributed by atoms with Gasteiger partial charge in [-0.15, -0.1) is 0 Å². The van der Waals surface area contributed by atoms with Gasteiger partial charge >= 0.3 is 0 Å². The van der Waals surface area contributed by atoms with Crippen LogP contribution in [0.2, 0.25) is 0 Å². The molecule has 0 bridgehead atoms. The molecule has 0 aromatic heterocycles. The van der Waals surface area contributed by atoms with Crippen molar-refractivity contribution in [3.8, 4) is 17.2 Å². The summed E-state index contributed by atoms with van der Waals surface area (Å²) in [6.45, 7) is 4.19. The molecule has 1 aromatic carbocycles. The molecule has 2 rings (SSSR count). The molecule has 5 heteroatoms. The molecule has 1 fully saturated rings. The monoisotopic (exact) mass is 284 g/mol. The van der Waals surface area contributed by atoms with Gasteiger partial charge in [0.25, 0.3) is 0 Å². The number of rotatable bonds is 6. The number of hydrogen-bond donors (Lipinski definition) is 1. The Hall–Kier alpha value is -1.07. The first kappa shape index (κ1) is 14.3. The number of nitrogens with one attached hydrogen (secondary N) is 1. The van der Waals surface area contributed by atoms with Gasteiger partial charge in [0.2, 0.25) is 5.75 Å². The summed E-state index contributed by atoms with van der Waals surface area (Å²) in [7, 11) is 3.30. The summed E-state index contributed by atoms with van der Waals surface area (Å²) >= 11 is 2.04. The smallest absolute Gasteiger partial charge is 0.203 e. The minimum Gasteiger partial charge on any atom is -0.493 e. The molecular formula is C14H22NO3S+. The van der Waals surface area contributed by atoms with Crippen molar-refractivity contribution < 1.29 is 19.1 Å². The number of para-hydroxylation sites is 1. The second-order valence-electron chi connectivity index (χ2n) is 4.45. The molecular weight excluding hydrogens is 262 g/mol. The first-order valence-electron chi connectivity index (χ1n) is 6.60. The predicted molar refractivity (Wildman–Crippen MR) is 77.9 cm³/mol. The summed E-state index contributed by atoms with van der Waals surface area (Å²) < 4.78 is 16.5. The second-order valence-corrected chi connectivity index (χ2v) is 5.68. The van der Waals surface area contributed by atoms with Crippen LogP contribution in [0.5, 0.6) is 17.2 Å². The molecule has 0 unspecified atom stereocenters. The average molecular weight is 284 g/mol. The average Bonchev–Trinajstić information content (AvgIpc) is 2.48. The summed E-state index contributed by atoms with van der Waals surface area (Å²) in [6.07, 6.45) is 0. The van der Waals surface area contributed by atoms with E-state index in [4.69, 9.17) is 14.2 Å². The number of methoxy groups -OCH3 is 2. The van der Waals surface area contributed by atoms with E-state index in [9.17, 15) is 0 Å². The van der Waals surface area contributed by atoms with Gasteiger partial charge in [0.15, 0.2) is 11.5 Å². The molecule has 0 saturated carbocycles. The highest BCUT2D eigenvalue weighted by Gasteiger charge is 2.15. The summed E-state index contributed by atoms with van der Waals surface area (Å²) in [5.74, 6) is 4.67. The van der Waals surface area contributed by atoms with Gasteiger partial charge in [0.1, 0.15) is 13.2 Å². The van der Waals surface area contributed by atoms with Crippen LogP contribution in [-0.2, 0) is 0 Å². The van der Waals surface area contributed by atoms with E-state index in [0.717, 1.165) is 18.0 Å². The highest BCUT2D eigenvalue weighted by atomic mass is 32.2. The van der Waals surface area contributed by atoms with Crippen LogP contribution >= 0.6 is 11.8 Å². The molecule has 0 amide bonds. The molecule has 1 aliphatic rings. The van der Waals surface area contributed by atoms with Crippen molar-refractivity contribution in [2.45, 2.75) is 0 Å². The van der Waals surface area contributed by atoms with E-state index in [1.807, 2.05) is 30.0 Å². The SMILES string of the molecule is COc1cccc(OC)c1OCC[NH+]1CCSCC1. The zero-order valence-corrected chi connectivity index (χ0v) is 12.4. The minimum atomic E-state index is 0.691. The first-order chi connectivity index (χ1) is 9.35. The standard InChI is InChI=1S/C14H21NO3S/c1-16-12-4-3-5-13(17-2)14(12)18-9-6-15-7-10-19-11-8-15/h3-5H,6-11H2,1-2H3/p+1. The normalized spacial score (nSPS) is 16.1. The molecule has 0 atom stereocenters. The van der Waals surface area contributed by atoms with Crippen molar-refractivity contribution in [1.29, 1.82) is 0 Å². The fourth-order valence-electron chi connectivity index (χ4n) is 2.17. The maximum Gasteiger partial charge on any atom is 0.203 e. The van der Waals surface area contributed by atoms with E-state index in [2.05, 4.69) is 0 Å². The molecule has 1 aliphatic heterocycles. The fourth-order valence-corrected chi connectivity index (χ4v) is 3.24. The Morgan fingerprint density at radius 1 is 1.11 bits per heavy atom. The number of thioether (sulfide) groups is 1. The molecule has 0 spiro atoms. The van der Waals surface area contributed by atoms with Crippen molar-refractivity contribution in [3.05, 3.63) is 18.2 Å². The third-order valence-corrected chi connectivity index (χ3v) is 4.27. The molecule has 1 aromatic rings. The number of quaternary nitrogens is 1. The zero-order chi connectivity index (χ0) is 13.5. The van der Waals surface area contributed by atoms with Crippen LogP contribution in [0, 0.1) is 0 Å². The van der Waals surface area contributed by atoms with Crippen molar-refractivity contribution >= 4 is 11.8 Å².